The minimum atomic E-state index is -0.0153. The first-order valence-corrected chi connectivity index (χ1v) is 16.0. The van der Waals surface area contributed by atoms with Crippen LogP contribution in [-0.2, 0) is 11.3 Å². The molecular weight excluding hydrogens is 550 g/mol. The van der Waals surface area contributed by atoms with E-state index >= 15 is 0 Å². The molecule has 1 aliphatic carbocycles. The molecule has 2 fully saturated rings. The molecule has 228 valence electrons. The van der Waals surface area contributed by atoms with Crippen molar-refractivity contribution in [2.75, 3.05) is 56.7 Å². The fourth-order valence-electron chi connectivity index (χ4n) is 6.90. The second-order valence-corrected chi connectivity index (χ2v) is 12.4. The molecule has 3 aliphatic rings. The number of allylic oxidation sites excluding steroid dienone is 2. The standard InChI is InChI=1S/C35H41N7O2/c1-24-5-3-6-29(24)31-21-26-22-37-35(38-27-8-10-28(11-9-27)41-17-15-40(2)16-18-41)39-33(26)42(34(31)43)23-32-30(7-4-14-36-32)25-12-19-44-20-13-25/h4,7-11,14,21-22,25H,3,5-6,12-13,15-20,23H2,1-2H3,(H,37,38,39). The summed E-state index contributed by atoms with van der Waals surface area (Å²) < 4.78 is 7.45. The fourth-order valence-corrected chi connectivity index (χ4v) is 6.90. The first-order valence-electron chi connectivity index (χ1n) is 16.0. The Hall–Kier alpha value is -4.08. The van der Waals surface area contributed by atoms with Gasteiger partial charge in [-0.05, 0) is 99.5 Å². The molecule has 9 nitrogen and oxygen atoms in total. The Bertz CT molecular complexity index is 1730. The number of piperazine rings is 1. The van der Waals surface area contributed by atoms with E-state index in [0.29, 0.717) is 24.1 Å². The van der Waals surface area contributed by atoms with Crippen molar-refractivity contribution >= 4 is 33.9 Å². The summed E-state index contributed by atoms with van der Waals surface area (Å²) in [7, 11) is 2.17. The monoisotopic (exact) mass is 591 g/mol. The first-order chi connectivity index (χ1) is 21.5. The number of nitrogens with zero attached hydrogens (tertiary/aromatic N) is 6. The van der Waals surface area contributed by atoms with E-state index in [4.69, 9.17) is 14.7 Å². The zero-order chi connectivity index (χ0) is 30.0. The molecule has 0 amide bonds. The van der Waals surface area contributed by atoms with Gasteiger partial charge in [0.25, 0.3) is 5.56 Å². The lowest BCUT2D eigenvalue weighted by Crippen LogP contribution is -2.44. The molecule has 0 saturated carbocycles. The molecule has 0 radical (unpaired) electrons. The SMILES string of the molecule is CC1=C(c2cc3cnc(Nc4ccc(N5CCN(C)CC5)cc4)nc3n(Cc3ncccc3C3CCOCC3)c2=O)CCC1. The zero-order valence-electron chi connectivity index (χ0n) is 25.8. The Morgan fingerprint density at radius 3 is 2.55 bits per heavy atom. The predicted octanol–water partition coefficient (Wildman–Crippen LogP) is 5.58. The van der Waals surface area contributed by atoms with E-state index in [9.17, 15) is 4.79 Å². The first kappa shape index (κ1) is 28.7. The Labute approximate surface area is 258 Å². The summed E-state index contributed by atoms with van der Waals surface area (Å²) in [5.41, 5.74) is 8.08. The van der Waals surface area contributed by atoms with E-state index in [-0.39, 0.29) is 5.56 Å². The molecule has 5 heterocycles. The zero-order valence-corrected chi connectivity index (χ0v) is 25.8. The largest absolute Gasteiger partial charge is 0.381 e. The summed E-state index contributed by atoms with van der Waals surface area (Å²) in [6, 6.07) is 14.6. The highest BCUT2D eigenvalue weighted by atomic mass is 16.5. The second kappa shape index (κ2) is 12.5. The van der Waals surface area contributed by atoms with E-state index < -0.39 is 0 Å². The molecule has 44 heavy (non-hydrogen) atoms. The van der Waals surface area contributed by atoms with Gasteiger partial charge in [0, 0.05) is 74.1 Å². The lowest BCUT2D eigenvalue weighted by Gasteiger charge is -2.34. The summed E-state index contributed by atoms with van der Waals surface area (Å²) in [6.07, 6.45) is 8.63. The Balaban J connectivity index is 1.24. The van der Waals surface area contributed by atoms with E-state index in [2.05, 4.69) is 64.4 Å². The van der Waals surface area contributed by atoms with Crippen LogP contribution in [0.15, 0.2) is 65.2 Å². The maximum Gasteiger partial charge on any atom is 0.260 e. The smallest absolute Gasteiger partial charge is 0.260 e. The van der Waals surface area contributed by atoms with E-state index in [0.717, 1.165) is 93.8 Å². The van der Waals surface area contributed by atoms with Gasteiger partial charge in [0.05, 0.1) is 12.2 Å². The number of ether oxygens (including phenoxy) is 1. The molecule has 9 heteroatoms. The van der Waals surface area contributed by atoms with Crippen LogP contribution in [0.4, 0.5) is 17.3 Å². The molecule has 0 unspecified atom stereocenters. The van der Waals surface area contributed by atoms with Crippen LogP contribution >= 0.6 is 0 Å². The van der Waals surface area contributed by atoms with Crippen molar-refractivity contribution in [2.45, 2.75) is 51.5 Å². The van der Waals surface area contributed by atoms with Gasteiger partial charge in [-0.15, -0.1) is 0 Å². The summed E-state index contributed by atoms with van der Waals surface area (Å²) in [5.74, 6) is 0.839. The average Bonchev–Trinajstić information content (AvgIpc) is 3.49. The number of pyridine rings is 2. The van der Waals surface area contributed by atoms with Crippen LogP contribution in [0.2, 0.25) is 0 Å². The number of hydrogen-bond acceptors (Lipinski definition) is 8. The highest BCUT2D eigenvalue weighted by Gasteiger charge is 2.23. The predicted molar refractivity (Wildman–Crippen MR) is 176 cm³/mol. The minimum absolute atomic E-state index is 0.0153. The van der Waals surface area contributed by atoms with Crippen molar-refractivity contribution in [1.29, 1.82) is 0 Å². The Morgan fingerprint density at radius 2 is 1.80 bits per heavy atom. The third kappa shape index (κ3) is 5.86. The fraction of sp³-hybridized carbons (Fsp3) is 0.429. The topological polar surface area (TPSA) is 88.4 Å². The van der Waals surface area contributed by atoms with Gasteiger partial charge in [-0.25, -0.2) is 4.98 Å². The summed E-state index contributed by atoms with van der Waals surface area (Å²) in [6.45, 7) is 8.21. The number of hydrogen-bond donors (Lipinski definition) is 1. The van der Waals surface area contributed by atoms with Crippen molar-refractivity contribution in [2.24, 2.45) is 0 Å². The van der Waals surface area contributed by atoms with Gasteiger partial charge >= 0.3 is 0 Å². The molecule has 7 rings (SSSR count). The second-order valence-electron chi connectivity index (χ2n) is 12.4. The lowest BCUT2D eigenvalue weighted by molar-refractivity contribution is 0.0850. The summed E-state index contributed by atoms with van der Waals surface area (Å²) in [5, 5.41) is 4.23. The molecule has 0 bridgehead atoms. The molecular formula is C35H41N7O2. The van der Waals surface area contributed by atoms with E-state index in [1.54, 1.807) is 0 Å². The number of rotatable bonds is 7. The van der Waals surface area contributed by atoms with Crippen LogP contribution in [-0.4, -0.2) is 70.9 Å². The molecule has 3 aromatic heterocycles. The molecule has 1 aromatic carbocycles. The van der Waals surface area contributed by atoms with Crippen molar-refractivity contribution in [1.82, 2.24) is 24.4 Å². The number of aromatic nitrogens is 4. The molecule has 0 atom stereocenters. The van der Waals surface area contributed by atoms with Crippen molar-refractivity contribution in [3.05, 3.63) is 87.6 Å². The summed E-state index contributed by atoms with van der Waals surface area (Å²) in [4.78, 5) is 33.5. The van der Waals surface area contributed by atoms with Gasteiger partial charge in [0.1, 0.15) is 5.65 Å². The van der Waals surface area contributed by atoms with Crippen LogP contribution in [0.5, 0.6) is 0 Å². The summed E-state index contributed by atoms with van der Waals surface area (Å²) >= 11 is 0. The molecule has 1 N–H and O–H groups in total. The van der Waals surface area contributed by atoms with Gasteiger partial charge in [-0.1, -0.05) is 11.6 Å². The lowest BCUT2D eigenvalue weighted by atomic mass is 9.90. The Kier molecular flexibility index (Phi) is 8.14. The van der Waals surface area contributed by atoms with Crippen LogP contribution < -0.4 is 15.8 Å². The highest BCUT2D eigenvalue weighted by molar-refractivity contribution is 5.82. The average molecular weight is 592 g/mol. The van der Waals surface area contributed by atoms with Gasteiger partial charge in [-0.2, -0.15) is 4.98 Å². The quantitative estimate of drug-likeness (QED) is 0.298. The van der Waals surface area contributed by atoms with Crippen LogP contribution in [0.3, 0.4) is 0 Å². The molecule has 4 aromatic rings. The van der Waals surface area contributed by atoms with E-state index in [1.165, 1.54) is 22.4 Å². The number of anilines is 3. The maximum absolute atomic E-state index is 14.3. The van der Waals surface area contributed by atoms with Crippen molar-refractivity contribution in [3.63, 3.8) is 0 Å². The van der Waals surface area contributed by atoms with Gasteiger partial charge in [-0.3, -0.25) is 14.3 Å². The van der Waals surface area contributed by atoms with Crippen LogP contribution in [0, 0.1) is 0 Å². The normalized spacial score (nSPS) is 18.4. The number of nitrogens with one attached hydrogen (secondary N) is 1. The van der Waals surface area contributed by atoms with Gasteiger partial charge < -0.3 is 19.9 Å². The minimum Gasteiger partial charge on any atom is -0.381 e. The van der Waals surface area contributed by atoms with Gasteiger partial charge in [0.15, 0.2) is 0 Å². The molecule has 0 spiro atoms. The third-order valence-corrected chi connectivity index (χ3v) is 9.53. The van der Waals surface area contributed by atoms with Gasteiger partial charge in [0.2, 0.25) is 5.95 Å². The third-order valence-electron chi connectivity index (χ3n) is 9.53. The number of likely N-dealkylation sites (N-methyl/N-ethyl adjacent to an activating group) is 1. The van der Waals surface area contributed by atoms with Crippen molar-refractivity contribution in [3.8, 4) is 0 Å². The van der Waals surface area contributed by atoms with Crippen molar-refractivity contribution < 1.29 is 4.74 Å². The van der Waals surface area contributed by atoms with E-state index in [1.807, 2.05) is 29.1 Å². The molecule has 2 saturated heterocycles. The highest BCUT2D eigenvalue weighted by Crippen LogP contribution is 2.34. The number of fused-ring (bicyclic) bond motifs is 1. The Morgan fingerprint density at radius 1 is 1.00 bits per heavy atom. The van der Waals surface area contributed by atoms with Crippen LogP contribution in [0.1, 0.15) is 61.8 Å². The number of benzene rings is 1. The maximum atomic E-state index is 14.3. The molecule has 2 aliphatic heterocycles. The van der Waals surface area contributed by atoms with Crippen LogP contribution in [0.25, 0.3) is 16.6 Å².